The Morgan fingerprint density at radius 1 is 1.26 bits per heavy atom. The van der Waals surface area contributed by atoms with Gasteiger partial charge in [0.2, 0.25) is 0 Å². The SMILES string of the molecule is CCOc1cccc(Nc2ccc(Cl)cc2F)c1N. The molecule has 2 rings (SSSR count). The van der Waals surface area contributed by atoms with Gasteiger partial charge in [0.25, 0.3) is 0 Å². The molecule has 0 saturated carbocycles. The van der Waals surface area contributed by atoms with Crippen LogP contribution in [0.5, 0.6) is 5.75 Å². The summed E-state index contributed by atoms with van der Waals surface area (Å²) >= 11 is 5.71. The Labute approximate surface area is 116 Å². The van der Waals surface area contributed by atoms with E-state index in [1.54, 1.807) is 30.3 Å². The highest BCUT2D eigenvalue weighted by Crippen LogP contribution is 2.32. The number of nitrogen functional groups attached to an aromatic ring is 1. The van der Waals surface area contributed by atoms with Gasteiger partial charge in [0.15, 0.2) is 0 Å². The van der Waals surface area contributed by atoms with Gasteiger partial charge in [-0.2, -0.15) is 0 Å². The zero-order valence-electron chi connectivity index (χ0n) is 10.4. The minimum atomic E-state index is -0.436. The summed E-state index contributed by atoms with van der Waals surface area (Å²) < 4.78 is 19.1. The van der Waals surface area contributed by atoms with Crippen LogP contribution in [-0.2, 0) is 0 Å². The Morgan fingerprint density at radius 2 is 2.05 bits per heavy atom. The number of nitrogens with two attached hydrogens (primary N) is 1. The van der Waals surface area contributed by atoms with Gasteiger partial charge in [-0.1, -0.05) is 17.7 Å². The molecule has 0 bridgehead atoms. The van der Waals surface area contributed by atoms with Crippen LogP contribution in [0.3, 0.4) is 0 Å². The van der Waals surface area contributed by atoms with Crippen LogP contribution in [0.1, 0.15) is 6.92 Å². The number of anilines is 3. The Bertz CT molecular complexity index is 590. The molecule has 0 saturated heterocycles. The van der Waals surface area contributed by atoms with E-state index in [-0.39, 0.29) is 0 Å². The van der Waals surface area contributed by atoms with Crippen molar-refractivity contribution in [2.75, 3.05) is 17.7 Å². The second-order valence-electron chi connectivity index (χ2n) is 3.90. The number of rotatable bonds is 4. The van der Waals surface area contributed by atoms with E-state index in [0.29, 0.717) is 34.4 Å². The van der Waals surface area contributed by atoms with Crippen LogP contribution in [0.2, 0.25) is 5.02 Å². The van der Waals surface area contributed by atoms with Crippen molar-refractivity contribution in [3.8, 4) is 5.75 Å². The normalized spacial score (nSPS) is 10.3. The molecule has 0 aromatic heterocycles. The molecule has 2 aromatic rings. The van der Waals surface area contributed by atoms with Crippen molar-refractivity contribution in [1.29, 1.82) is 0 Å². The van der Waals surface area contributed by atoms with E-state index in [4.69, 9.17) is 22.1 Å². The largest absolute Gasteiger partial charge is 0.492 e. The van der Waals surface area contributed by atoms with Crippen LogP contribution in [0.15, 0.2) is 36.4 Å². The highest BCUT2D eigenvalue weighted by Gasteiger charge is 2.08. The number of halogens is 2. The maximum atomic E-state index is 13.7. The first-order valence-electron chi connectivity index (χ1n) is 5.85. The van der Waals surface area contributed by atoms with Crippen LogP contribution in [0, 0.1) is 5.82 Å². The van der Waals surface area contributed by atoms with Gasteiger partial charge in [0, 0.05) is 5.02 Å². The lowest BCUT2D eigenvalue weighted by Crippen LogP contribution is -2.02. The monoisotopic (exact) mass is 280 g/mol. The Balaban J connectivity index is 2.30. The highest BCUT2D eigenvalue weighted by molar-refractivity contribution is 6.30. The minimum Gasteiger partial charge on any atom is -0.492 e. The zero-order valence-corrected chi connectivity index (χ0v) is 11.2. The van der Waals surface area contributed by atoms with Gasteiger partial charge in [-0.15, -0.1) is 0 Å². The Hall–Kier alpha value is -1.94. The number of hydrogen-bond acceptors (Lipinski definition) is 3. The minimum absolute atomic E-state index is 0.310. The molecule has 3 nitrogen and oxygen atoms in total. The molecule has 0 amide bonds. The molecule has 5 heteroatoms. The Morgan fingerprint density at radius 3 is 2.74 bits per heavy atom. The molecule has 0 aliphatic carbocycles. The van der Waals surface area contributed by atoms with E-state index in [9.17, 15) is 4.39 Å². The van der Waals surface area contributed by atoms with Crippen molar-refractivity contribution in [2.24, 2.45) is 0 Å². The fraction of sp³-hybridized carbons (Fsp3) is 0.143. The summed E-state index contributed by atoms with van der Waals surface area (Å²) in [5.74, 6) is 0.135. The lowest BCUT2D eigenvalue weighted by atomic mass is 10.2. The molecule has 3 N–H and O–H groups in total. The third-order valence-electron chi connectivity index (χ3n) is 2.57. The van der Waals surface area contributed by atoms with Crippen molar-refractivity contribution in [3.63, 3.8) is 0 Å². The van der Waals surface area contributed by atoms with Crippen molar-refractivity contribution in [1.82, 2.24) is 0 Å². The van der Waals surface area contributed by atoms with Gasteiger partial charge in [-0.3, -0.25) is 0 Å². The molecule has 0 heterocycles. The molecule has 19 heavy (non-hydrogen) atoms. The van der Waals surface area contributed by atoms with E-state index in [2.05, 4.69) is 5.32 Å². The average molecular weight is 281 g/mol. The topological polar surface area (TPSA) is 47.3 Å². The van der Waals surface area contributed by atoms with Gasteiger partial charge in [0.05, 0.1) is 23.7 Å². The molecule has 0 unspecified atom stereocenters. The van der Waals surface area contributed by atoms with Gasteiger partial charge >= 0.3 is 0 Å². The third kappa shape index (κ3) is 3.09. The Kier molecular flexibility index (Phi) is 4.12. The summed E-state index contributed by atoms with van der Waals surface area (Å²) in [4.78, 5) is 0. The average Bonchev–Trinajstić information content (AvgIpc) is 2.37. The summed E-state index contributed by atoms with van der Waals surface area (Å²) in [6, 6.07) is 9.72. The third-order valence-corrected chi connectivity index (χ3v) is 2.80. The fourth-order valence-corrected chi connectivity index (χ4v) is 1.83. The molecular weight excluding hydrogens is 267 g/mol. The second kappa shape index (κ2) is 5.80. The zero-order chi connectivity index (χ0) is 13.8. The summed E-state index contributed by atoms with van der Waals surface area (Å²) in [6.07, 6.45) is 0. The maximum absolute atomic E-state index is 13.7. The van der Waals surface area contributed by atoms with E-state index in [1.807, 2.05) is 6.92 Å². The van der Waals surface area contributed by atoms with E-state index < -0.39 is 5.82 Å². The van der Waals surface area contributed by atoms with E-state index in [0.717, 1.165) is 0 Å². The second-order valence-corrected chi connectivity index (χ2v) is 4.34. The number of ether oxygens (including phenoxy) is 1. The van der Waals surface area contributed by atoms with Gasteiger partial charge in [-0.05, 0) is 37.3 Å². The number of benzene rings is 2. The smallest absolute Gasteiger partial charge is 0.148 e. The predicted molar refractivity (Wildman–Crippen MR) is 76.7 cm³/mol. The maximum Gasteiger partial charge on any atom is 0.148 e. The lowest BCUT2D eigenvalue weighted by Gasteiger charge is -2.13. The standard InChI is InChI=1S/C14H14ClFN2O/c1-2-19-13-5-3-4-12(14(13)17)18-11-7-6-9(15)8-10(11)16/h3-8,18H,2,17H2,1H3. The van der Waals surface area contributed by atoms with Crippen molar-refractivity contribution in [3.05, 3.63) is 47.2 Å². The quantitative estimate of drug-likeness (QED) is 0.825. The molecule has 0 spiro atoms. The first-order chi connectivity index (χ1) is 9.11. The number of nitrogens with one attached hydrogen (secondary N) is 1. The summed E-state index contributed by atoms with van der Waals surface area (Å²) in [5.41, 5.74) is 7.30. The van der Waals surface area contributed by atoms with Gasteiger partial charge < -0.3 is 15.8 Å². The molecule has 2 aromatic carbocycles. The predicted octanol–water partition coefficient (Wildman–Crippen LogP) is 4.20. The first kappa shape index (κ1) is 13.5. The van der Waals surface area contributed by atoms with E-state index >= 15 is 0 Å². The van der Waals surface area contributed by atoms with Crippen LogP contribution in [0.25, 0.3) is 0 Å². The highest BCUT2D eigenvalue weighted by atomic mass is 35.5. The fourth-order valence-electron chi connectivity index (χ4n) is 1.67. The summed E-state index contributed by atoms with van der Waals surface area (Å²) in [5, 5.41) is 3.27. The van der Waals surface area contributed by atoms with Crippen molar-refractivity contribution >= 4 is 28.7 Å². The molecule has 0 aliphatic heterocycles. The number of hydrogen-bond donors (Lipinski definition) is 2. The lowest BCUT2D eigenvalue weighted by molar-refractivity contribution is 0.342. The first-order valence-corrected chi connectivity index (χ1v) is 6.23. The molecule has 0 aliphatic rings. The van der Waals surface area contributed by atoms with Crippen molar-refractivity contribution in [2.45, 2.75) is 6.92 Å². The van der Waals surface area contributed by atoms with Gasteiger partial charge in [0.1, 0.15) is 11.6 Å². The number of para-hydroxylation sites is 1. The molecule has 0 atom stereocenters. The van der Waals surface area contributed by atoms with Crippen LogP contribution >= 0.6 is 11.6 Å². The molecule has 100 valence electrons. The van der Waals surface area contributed by atoms with E-state index in [1.165, 1.54) is 6.07 Å². The van der Waals surface area contributed by atoms with Crippen LogP contribution in [-0.4, -0.2) is 6.61 Å². The molecular formula is C14H14ClFN2O. The summed E-state index contributed by atoms with van der Waals surface area (Å²) in [7, 11) is 0. The van der Waals surface area contributed by atoms with Crippen LogP contribution in [0.4, 0.5) is 21.5 Å². The molecule has 0 fully saturated rings. The summed E-state index contributed by atoms with van der Waals surface area (Å²) in [6.45, 7) is 2.39. The van der Waals surface area contributed by atoms with Crippen LogP contribution < -0.4 is 15.8 Å². The van der Waals surface area contributed by atoms with Gasteiger partial charge in [-0.25, -0.2) is 4.39 Å². The van der Waals surface area contributed by atoms with Crippen molar-refractivity contribution < 1.29 is 9.13 Å². The molecule has 0 radical (unpaired) electrons.